The molecule has 1 unspecified atom stereocenters. The first-order valence-electron chi connectivity index (χ1n) is 8.76. The predicted molar refractivity (Wildman–Crippen MR) is 100 cm³/mol. The highest BCUT2D eigenvalue weighted by atomic mass is 35.5. The molecular formula is C19H25ClN4O. The highest BCUT2D eigenvalue weighted by molar-refractivity contribution is 6.31. The summed E-state index contributed by atoms with van der Waals surface area (Å²) in [5.74, 6) is -0.153. The fourth-order valence-electron chi connectivity index (χ4n) is 3.26. The zero-order valence-electron chi connectivity index (χ0n) is 14.8. The molecule has 6 heteroatoms. The van der Waals surface area contributed by atoms with Crippen LogP contribution in [0, 0.1) is 0 Å². The van der Waals surface area contributed by atoms with Gasteiger partial charge in [0.15, 0.2) is 0 Å². The average molecular weight is 361 g/mol. The molecule has 1 aliphatic heterocycles. The summed E-state index contributed by atoms with van der Waals surface area (Å²) in [5, 5.41) is 11.6. The first-order valence-corrected chi connectivity index (χ1v) is 9.14. The first kappa shape index (κ1) is 18.0. The number of amides is 1. The summed E-state index contributed by atoms with van der Waals surface area (Å²) in [6.07, 6.45) is 4.78. The van der Waals surface area contributed by atoms with Crippen LogP contribution in [0.1, 0.15) is 48.8 Å². The molecule has 0 bridgehead atoms. The Hall–Kier alpha value is -1.85. The van der Waals surface area contributed by atoms with Gasteiger partial charge in [0.1, 0.15) is 5.69 Å². The molecule has 1 atom stereocenters. The Kier molecular flexibility index (Phi) is 5.45. The van der Waals surface area contributed by atoms with Crippen molar-refractivity contribution in [2.24, 2.45) is 0 Å². The van der Waals surface area contributed by atoms with Crippen molar-refractivity contribution in [3.63, 3.8) is 0 Å². The van der Waals surface area contributed by atoms with Gasteiger partial charge in [-0.25, -0.2) is 0 Å². The van der Waals surface area contributed by atoms with Crippen LogP contribution in [0.2, 0.25) is 5.02 Å². The van der Waals surface area contributed by atoms with Gasteiger partial charge in [0.2, 0.25) is 0 Å². The quantitative estimate of drug-likeness (QED) is 0.860. The van der Waals surface area contributed by atoms with E-state index in [1.807, 2.05) is 49.0 Å². The van der Waals surface area contributed by atoms with Gasteiger partial charge in [-0.1, -0.05) is 29.8 Å². The van der Waals surface area contributed by atoms with Crippen molar-refractivity contribution in [1.82, 2.24) is 20.4 Å². The Balaban J connectivity index is 1.65. The van der Waals surface area contributed by atoms with Gasteiger partial charge in [0.05, 0.1) is 6.04 Å². The molecule has 1 saturated heterocycles. The molecule has 1 aromatic carbocycles. The second-order valence-corrected chi connectivity index (χ2v) is 7.69. The molecule has 134 valence electrons. The molecule has 2 aromatic rings. The van der Waals surface area contributed by atoms with E-state index >= 15 is 0 Å². The number of benzene rings is 1. The molecule has 0 radical (unpaired) electrons. The predicted octanol–water partition coefficient (Wildman–Crippen LogP) is 3.21. The SMILES string of the molecule is CC(C)(Cc1ccccc1Cl)NC(=O)c1ccn(C2CCCNC2)n1. The second-order valence-electron chi connectivity index (χ2n) is 7.29. The molecule has 1 amide bonds. The molecule has 1 aliphatic rings. The number of nitrogens with one attached hydrogen (secondary N) is 2. The van der Waals surface area contributed by atoms with Gasteiger partial charge in [0, 0.05) is 23.3 Å². The van der Waals surface area contributed by atoms with Gasteiger partial charge >= 0.3 is 0 Å². The summed E-state index contributed by atoms with van der Waals surface area (Å²) >= 11 is 6.24. The molecule has 1 aromatic heterocycles. The molecule has 0 saturated carbocycles. The van der Waals surface area contributed by atoms with E-state index < -0.39 is 5.54 Å². The van der Waals surface area contributed by atoms with Crippen LogP contribution in [0.4, 0.5) is 0 Å². The van der Waals surface area contributed by atoms with Crippen molar-refractivity contribution in [2.45, 2.75) is 44.7 Å². The number of hydrogen-bond donors (Lipinski definition) is 2. The minimum atomic E-state index is -0.418. The molecule has 25 heavy (non-hydrogen) atoms. The Morgan fingerprint density at radius 1 is 1.40 bits per heavy atom. The Morgan fingerprint density at radius 3 is 2.92 bits per heavy atom. The smallest absolute Gasteiger partial charge is 0.272 e. The zero-order chi connectivity index (χ0) is 17.9. The van der Waals surface area contributed by atoms with E-state index in [9.17, 15) is 4.79 Å². The van der Waals surface area contributed by atoms with Gasteiger partial charge in [-0.2, -0.15) is 5.10 Å². The van der Waals surface area contributed by atoms with Crippen molar-refractivity contribution in [2.75, 3.05) is 13.1 Å². The van der Waals surface area contributed by atoms with Crippen LogP contribution in [0.5, 0.6) is 0 Å². The van der Waals surface area contributed by atoms with E-state index in [0.29, 0.717) is 18.2 Å². The van der Waals surface area contributed by atoms with Crippen molar-refractivity contribution in [3.8, 4) is 0 Å². The fraction of sp³-hybridized carbons (Fsp3) is 0.474. The lowest BCUT2D eigenvalue weighted by Gasteiger charge is -2.26. The maximum atomic E-state index is 12.6. The highest BCUT2D eigenvalue weighted by Gasteiger charge is 2.24. The van der Waals surface area contributed by atoms with Crippen LogP contribution in [0.3, 0.4) is 0 Å². The maximum absolute atomic E-state index is 12.6. The van der Waals surface area contributed by atoms with Crippen LogP contribution >= 0.6 is 11.6 Å². The number of piperidine rings is 1. The zero-order valence-corrected chi connectivity index (χ0v) is 15.5. The fourth-order valence-corrected chi connectivity index (χ4v) is 3.46. The van der Waals surface area contributed by atoms with E-state index in [0.717, 1.165) is 36.5 Å². The van der Waals surface area contributed by atoms with Crippen LogP contribution in [0.15, 0.2) is 36.5 Å². The number of halogens is 1. The molecule has 0 aliphatic carbocycles. The lowest BCUT2D eigenvalue weighted by molar-refractivity contribution is 0.0906. The topological polar surface area (TPSA) is 59.0 Å². The summed E-state index contributed by atoms with van der Waals surface area (Å²) in [4.78, 5) is 12.6. The number of aromatic nitrogens is 2. The van der Waals surface area contributed by atoms with Gasteiger partial charge in [0.25, 0.3) is 5.91 Å². The molecule has 2 heterocycles. The third-order valence-corrected chi connectivity index (χ3v) is 4.90. The standard InChI is InChI=1S/C19H25ClN4O/c1-19(2,12-14-6-3-4-8-16(14)20)22-18(25)17-9-11-24(23-17)15-7-5-10-21-13-15/h3-4,6,8-9,11,15,21H,5,7,10,12-13H2,1-2H3,(H,22,25). The highest BCUT2D eigenvalue weighted by Crippen LogP contribution is 2.21. The molecule has 5 nitrogen and oxygen atoms in total. The van der Waals surface area contributed by atoms with Crippen LogP contribution < -0.4 is 10.6 Å². The molecular weight excluding hydrogens is 336 g/mol. The monoisotopic (exact) mass is 360 g/mol. The normalized spacial score (nSPS) is 18.1. The van der Waals surface area contributed by atoms with E-state index in [1.165, 1.54) is 0 Å². The molecule has 1 fully saturated rings. The van der Waals surface area contributed by atoms with Crippen molar-refractivity contribution >= 4 is 17.5 Å². The first-order chi connectivity index (χ1) is 11.9. The van der Waals surface area contributed by atoms with Gasteiger partial charge in [-0.15, -0.1) is 0 Å². The minimum Gasteiger partial charge on any atom is -0.345 e. The van der Waals surface area contributed by atoms with E-state index in [4.69, 9.17) is 11.6 Å². The number of nitrogens with zero attached hydrogens (tertiary/aromatic N) is 2. The lowest BCUT2D eigenvalue weighted by atomic mass is 9.94. The van der Waals surface area contributed by atoms with Crippen LogP contribution in [-0.2, 0) is 6.42 Å². The Labute approximate surface area is 153 Å². The number of hydrogen-bond acceptors (Lipinski definition) is 3. The number of carbonyl (C=O) groups excluding carboxylic acids is 1. The maximum Gasteiger partial charge on any atom is 0.272 e. The van der Waals surface area contributed by atoms with Crippen LogP contribution in [-0.4, -0.2) is 34.3 Å². The third kappa shape index (κ3) is 4.61. The second kappa shape index (κ2) is 7.58. The summed E-state index contributed by atoms with van der Waals surface area (Å²) in [6.45, 7) is 5.95. The Bertz CT molecular complexity index is 735. The Morgan fingerprint density at radius 2 is 2.20 bits per heavy atom. The van der Waals surface area contributed by atoms with Crippen LogP contribution in [0.25, 0.3) is 0 Å². The molecule has 2 N–H and O–H groups in total. The number of carbonyl (C=O) groups is 1. The van der Waals surface area contributed by atoms with Crippen molar-refractivity contribution in [1.29, 1.82) is 0 Å². The summed E-state index contributed by atoms with van der Waals surface area (Å²) < 4.78 is 1.90. The largest absolute Gasteiger partial charge is 0.345 e. The van der Waals surface area contributed by atoms with Crippen molar-refractivity contribution < 1.29 is 4.79 Å². The summed E-state index contributed by atoms with van der Waals surface area (Å²) in [6, 6.07) is 9.83. The van der Waals surface area contributed by atoms with Crippen molar-refractivity contribution in [3.05, 3.63) is 52.8 Å². The lowest BCUT2D eigenvalue weighted by Crippen LogP contribution is -2.45. The summed E-state index contributed by atoms with van der Waals surface area (Å²) in [7, 11) is 0. The number of rotatable bonds is 5. The van der Waals surface area contributed by atoms with Gasteiger partial charge in [-0.3, -0.25) is 9.48 Å². The van der Waals surface area contributed by atoms with E-state index in [-0.39, 0.29) is 5.91 Å². The van der Waals surface area contributed by atoms with Gasteiger partial charge in [-0.05, 0) is 57.4 Å². The van der Waals surface area contributed by atoms with Gasteiger partial charge < -0.3 is 10.6 Å². The summed E-state index contributed by atoms with van der Waals surface area (Å²) in [5.41, 5.74) is 1.06. The molecule has 3 rings (SSSR count). The minimum absolute atomic E-state index is 0.153. The third-order valence-electron chi connectivity index (χ3n) is 4.53. The molecule has 0 spiro atoms. The average Bonchev–Trinajstić information content (AvgIpc) is 3.07. The van der Waals surface area contributed by atoms with E-state index in [1.54, 1.807) is 6.07 Å². The van der Waals surface area contributed by atoms with E-state index in [2.05, 4.69) is 15.7 Å².